The van der Waals surface area contributed by atoms with Crippen molar-refractivity contribution in [2.24, 2.45) is 0 Å². The van der Waals surface area contributed by atoms with E-state index in [0.717, 1.165) is 4.57 Å². The summed E-state index contributed by atoms with van der Waals surface area (Å²) >= 11 is 0. The highest BCUT2D eigenvalue weighted by atomic mass is 19.1. The van der Waals surface area contributed by atoms with Crippen molar-refractivity contribution in [2.45, 2.75) is 6.54 Å². The fourth-order valence-corrected chi connectivity index (χ4v) is 2.49. The Morgan fingerprint density at radius 3 is 2.73 bits per heavy atom. The third-order valence-corrected chi connectivity index (χ3v) is 3.74. The van der Waals surface area contributed by atoms with Gasteiger partial charge in [0.2, 0.25) is 5.95 Å². The van der Waals surface area contributed by atoms with Crippen LogP contribution in [0, 0.1) is 5.82 Å². The summed E-state index contributed by atoms with van der Waals surface area (Å²) in [6.07, 6.45) is 2.87. The molecule has 130 valence electrons. The maximum absolute atomic E-state index is 13.1. The van der Waals surface area contributed by atoms with Crippen molar-refractivity contribution in [1.82, 2.24) is 19.5 Å². The lowest BCUT2D eigenvalue weighted by molar-refractivity contribution is 0.517. The fraction of sp³-hybridized carbons (Fsp3) is 0.0588. The average molecular weight is 353 g/mol. The first-order valence-corrected chi connectivity index (χ1v) is 7.66. The van der Waals surface area contributed by atoms with E-state index in [1.165, 1.54) is 30.5 Å². The predicted molar refractivity (Wildman–Crippen MR) is 91.7 cm³/mol. The second-order valence-electron chi connectivity index (χ2n) is 5.44. The highest BCUT2D eigenvalue weighted by Gasteiger charge is 2.12. The minimum Gasteiger partial charge on any atom is -0.467 e. The number of anilines is 1. The maximum Gasteiger partial charge on any atom is 0.334 e. The number of aromatic amines is 1. The van der Waals surface area contributed by atoms with Crippen molar-refractivity contribution in [2.75, 3.05) is 5.32 Å². The molecule has 0 amide bonds. The number of nitrogens with zero attached hydrogens (tertiary/aromatic N) is 3. The molecular formula is C17H12FN5O3. The highest BCUT2D eigenvalue weighted by Crippen LogP contribution is 2.09. The quantitative estimate of drug-likeness (QED) is 0.580. The number of furan rings is 1. The molecule has 0 aliphatic rings. The number of rotatable bonds is 4. The monoisotopic (exact) mass is 353 g/mol. The summed E-state index contributed by atoms with van der Waals surface area (Å²) in [5.41, 5.74) is -0.910. The van der Waals surface area contributed by atoms with Crippen molar-refractivity contribution >= 4 is 17.0 Å². The van der Waals surface area contributed by atoms with E-state index in [9.17, 15) is 14.0 Å². The van der Waals surface area contributed by atoms with Gasteiger partial charge in [0, 0.05) is 6.20 Å². The fourth-order valence-electron chi connectivity index (χ4n) is 2.49. The van der Waals surface area contributed by atoms with Crippen LogP contribution in [0.15, 0.2) is 62.9 Å². The normalized spacial score (nSPS) is 11.0. The van der Waals surface area contributed by atoms with Crippen LogP contribution >= 0.6 is 0 Å². The molecule has 3 aromatic heterocycles. The molecule has 0 fully saturated rings. The summed E-state index contributed by atoms with van der Waals surface area (Å²) in [5, 5.41) is 3.08. The molecule has 4 rings (SSSR count). The zero-order chi connectivity index (χ0) is 18.1. The second-order valence-corrected chi connectivity index (χ2v) is 5.44. The Labute approximate surface area is 145 Å². The van der Waals surface area contributed by atoms with Crippen molar-refractivity contribution < 1.29 is 8.81 Å². The first kappa shape index (κ1) is 15.8. The molecule has 0 saturated carbocycles. The molecule has 0 atom stereocenters. The van der Waals surface area contributed by atoms with Gasteiger partial charge in [-0.05, 0) is 36.4 Å². The summed E-state index contributed by atoms with van der Waals surface area (Å²) in [6, 6.07) is 8.58. The van der Waals surface area contributed by atoms with E-state index in [1.807, 2.05) is 0 Å². The first-order valence-electron chi connectivity index (χ1n) is 7.66. The number of H-pyrrole nitrogens is 1. The van der Waals surface area contributed by atoms with E-state index in [1.54, 1.807) is 18.4 Å². The van der Waals surface area contributed by atoms with Crippen LogP contribution in [0.2, 0.25) is 0 Å². The van der Waals surface area contributed by atoms with E-state index in [2.05, 4.69) is 20.3 Å². The largest absolute Gasteiger partial charge is 0.467 e. The van der Waals surface area contributed by atoms with Crippen molar-refractivity contribution in [1.29, 1.82) is 0 Å². The van der Waals surface area contributed by atoms with Crippen molar-refractivity contribution in [3.8, 4) is 5.69 Å². The number of hydrogen-bond acceptors (Lipinski definition) is 6. The molecule has 8 nitrogen and oxygen atoms in total. The number of aromatic nitrogens is 4. The van der Waals surface area contributed by atoms with Crippen LogP contribution in [0.3, 0.4) is 0 Å². The first-order chi connectivity index (χ1) is 12.6. The molecule has 0 spiro atoms. The van der Waals surface area contributed by atoms with Gasteiger partial charge in [-0.25, -0.2) is 18.7 Å². The molecule has 9 heteroatoms. The average Bonchev–Trinajstić information content (AvgIpc) is 3.15. The minimum absolute atomic E-state index is 0.107. The van der Waals surface area contributed by atoms with Crippen molar-refractivity contribution in [3.63, 3.8) is 0 Å². The molecule has 4 aromatic rings. The Hall–Kier alpha value is -3.75. The lowest BCUT2D eigenvalue weighted by Crippen LogP contribution is -2.34. The van der Waals surface area contributed by atoms with Crippen LogP contribution in [0.25, 0.3) is 16.7 Å². The van der Waals surface area contributed by atoms with E-state index in [-0.39, 0.29) is 22.7 Å². The molecular weight excluding hydrogens is 341 g/mol. The van der Waals surface area contributed by atoms with Gasteiger partial charge in [-0.3, -0.25) is 9.78 Å². The molecule has 3 heterocycles. The Kier molecular flexibility index (Phi) is 3.81. The zero-order valence-corrected chi connectivity index (χ0v) is 13.3. The predicted octanol–water partition coefficient (Wildman–Crippen LogP) is 1.81. The molecule has 26 heavy (non-hydrogen) atoms. The summed E-state index contributed by atoms with van der Waals surface area (Å²) < 4.78 is 19.2. The van der Waals surface area contributed by atoms with Crippen LogP contribution in [0.5, 0.6) is 0 Å². The van der Waals surface area contributed by atoms with E-state index >= 15 is 0 Å². The standard InChI is InChI=1S/C17H12FN5O3/c18-10-3-5-11(6-4-10)23-15(24)13-9-20-16(21-14(13)22-17(23)25)19-8-12-2-1-7-26-12/h1-7,9H,8H2,(H2,19,20,21,22,25). The van der Waals surface area contributed by atoms with Gasteiger partial charge in [0.15, 0.2) is 5.65 Å². The third-order valence-electron chi connectivity index (χ3n) is 3.74. The van der Waals surface area contributed by atoms with Gasteiger partial charge in [0.1, 0.15) is 17.0 Å². The van der Waals surface area contributed by atoms with Crippen molar-refractivity contribution in [3.05, 3.63) is 81.3 Å². The van der Waals surface area contributed by atoms with Gasteiger partial charge in [-0.15, -0.1) is 0 Å². The van der Waals surface area contributed by atoms with Gasteiger partial charge < -0.3 is 9.73 Å². The van der Waals surface area contributed by atoms with Gasteiger partial charge in [-0.1, -0.05) is 0 Å². The summed E-state index contributed by atoms with van der Waals surface area (Å²) in [5.74, 6) is 0.465. The lowest BCUT2D eigenvalue weighted by Gasteiger charge is -2.07. The zero-order valence-electron chi connectivity index (χ0n) is 13.3. The minimum atomic E-state index is -0.676. The maximum atomic E-state index is 13.1. The second kappa shape index (κ2) is 6.28. The highest BCUT2D eigenvalue weighted by molar-refractivity contribution is 5.73. The van der Waals surface area contributed by atoms with Crippen LogP contribution < -0.4 is 16.6 Å². The lowest BCUT2D eigenvalue weighted by atomic mass is 10.3. The number of nitrogens with one attached hydrogen (secondary N) is 2. The summed E-state index contributed by atoms with van der Waals surface area (Å²) in [7, 11) is 0. The molecule has 0 aliphatic heterocycles. The molecule has 0 saturated heterocycles. The van der Waals surface area contributed by atoms with E-state index in [4.69, 9.17) is 4.42 Å². The molecule has 0 unspecified atom stereocenters. The van der Waals surface area contributed by atoms with Gasteiger partial charge in [0.25, 0.3) is 5.56 Å². The van der Waals surface area contributed by atoms with Crippen LogP contribution in [0.1, 0.15) is 5.76 Å². The summed E-state index contributed by atoms with van der Waals surface area (Å²) in [6.45, 7) is 0.357. The summed E-state index contributed by atoms with van der Waals surface area (Å²) in [4.78, 5) is 35.7. The van der Waals surface area contributed by atoms with Crippen LogP contribution in [-0.2, 0) is 6.54 Å². The van der Waals surface area contributed by atoms with Gasteiger partial charge in [-0.2, -0.15) is 4.98 Å². The molecule has 0 bridgehead atoms. The van der Waals surface area contributed by atoms with Gasteiger partial charge >= 0.3 is 5.69 Å². The van der Waals surface area contributed by atoms with Gasteiger partial charge in [0.05, 0.1) is 18.5 Å². The van der Waals surface area contributed by atoms with E-state index < -0.39 is 17.1 Å². The molecule has 0 radical (unpaired) electrons. The number of halogens is 1. The Balaban J connectivity index is 1.74. The smallest absolute Gasteiger partial charge is 0.334 e. The molecule has 2 N–H and O–H groups in total. The molecule has 1 aromatic carbocycles. The number of hydrogen-bond donors (Lipinski definition) is 2. The SMILES string of the molecule is O=c1[nH]c2nc(NCc3ccco3)ncc2c(=O)n1-c1ccc(F)cc1. The van der Waals surface area contributed by atoms with Crippen LogP contribution in [0.4, 0.5) is 10.3 Å². The third kappa shape index (κ3) is 2.86. The Bertz CT molecular complexity index is 1180. The Morgan fingerprint density at radius 2 is 2.00 bits per heavy atom. The molecule has 0 aliphatic carbocycles. The van der Waals surface area contributed by atoms with Crippen LogP contribution in [-0.4, -0.2) is 19.5 Å². The Morgan fingerprint density at radius 1 is 1.19 bits per heavy atom. The topological polar surface area (TPSA) is 106 Å². The van der Waals surface area contributed by atoms with E-state index in [0.29, 0.717) is 12.3 Å². The number of fused-ring (bicyclic) bond motifs is 1. The number of benzene rings is 1.